The van der Waals surface area contributed by atoms with Gasteiger partial charge in [-0.15, -0.1) is 0 Å². The highest BCUT2D eigenvalue weighted by atomic mass is 16.4. The van der Waals surface area contributed by atoms with Gasteiger partial charge in [0.1, 0.15) is 12.8 Å². The van der Waals surface area contributed by atoms with Gasteiger partial charge in [0.15, 0.2) is 0 Å². The second-order valence-corrected chi connectivity index (χ2v) is 4.21. The van der Waals surface area contributed by atoms with Gasteiger partial charge in [-0.2, -0.15) is 0 Å². The summed E-state index contributed by atoms with van der Waals surface area (Å²) in [5.74, 6) is -3.64. The molecule has 11 nitrogen and oxygen atoms in total. The topological polar surface area (TPSA) is 171 Å². The van der Waals surface area contributed by atoms with Crippen molar-refractivity contribution in [1.82, 2.24) is 21.3 Å². The minimum atomic E-state index is -1.22. The zero-order valence-electron chi connectivity index (χ0n) is 12.2. The van der Waals surface area contributed by atoms with Crippen molar-refractivity contribution < 1.29 is 33.9 Å². The monoisotopic (exact) mass is 330 g/mol. The maximum Gasteiger partial charge on any atom is 0.322 e. The number of nitrogens with one attached hydrogen (secondary N) is 4. The van der Waals surface area contributed by atoms with Gasteiger partial charge in [-0.3, -0.25) is 24.0 Å². The van der Waals surface area contributed by atoms with Crippen LogP contribution in [0, 0.1) is 0 Å². The normalized spacial score (nSPS) is 9.39. The number of carboxylic acids is 1. The van der Waals surface area contributed by atoms with Crippen LogP contribution in [0.2, 0.25) is 0 Å². The third kappa shape index (κ3) is 12.5. The van der Waals surface area contributed by atoms with Crippen LogP contribution in [0.3, 0.4) is 0 Å². The lowest BCUT2D eigenvalue weighted by Crippen LogP contribution is -2.44. The zero-order chi connectivity index (χ0) is 17.7. The van der Waals surface area contributed by atoms with Gasteiger partial charge in [0.2, 0.25) is 23.6 Å². The second-order valence-electron chi connectivity index (χ2n) is 4.21. The largest absolute Gasteiger partial charge is 0.480 e. The van der Waals surface area contributed by atoms with E-state index in [0.717, 1.165) is 0 Å². The zero-order valence-corrected chi connectivity index (χ0v) is 12.2. The number of amides is 4. The number of aldehydes is 1. The molecule has 0 spiro atoms. The van der Waals surface area contributed by atoms with Crippen LogP contribution in [0.5, 0.6) is 0 Å². The van der Waals surface area contributed by atoms with Crippen LogP contribution in [0.4, 0.5) is 0 Å². The van der Waals surface area contributed by atoms with Crippen LogP contribution >= 0.6 is 0 Å². The first-order valence-corrected chi connectivity index (χ1v) is 6.57. The number of aliphatic carboxylic acids is 1. The van der Waals surface area contributed by atoms with E-state index in [0.29, 0.717) is 6.29 Å². The standard InChI is InChI=1S/C12H18N4O7/c17-3-1-2-8(18)13-4-9(19)14-5-10(20)15-6-11(21)16-7-12(22)23/h3H,1-2,4-7H2,(H,13,18)(H,14,19)(H,15,20)(H,16,21)(H,22,23). The van der Waals surface area contributed by atoms with Crippen molar-refractivity contribution in [3.05, 3.63) is 0 Å². The molecule has 0 saturated carbocycles. The maximum atomic E-state index is 11.3. The Morgan fingerprint density at radius 3 is 1.48 bits per heavy atom. The van der Waals surface area contributed by atoms with Crippen molar-refractivity contribution >= 4 is 35.9 Å². The molecule has 0 bridgehead atoms. The molecule has 0 aliphatic heterocycles. The first kappa shape index (κ1) is 20.0. The Morgan fingerprint density at radius 2 is 1.09 bits per heavy atom. The average Bonchev–Trinajstić information content (AvgIpc) is 2.52. The molecule has 0 fully saturated rings. The summed E-state index contributed by atoms with van der Waals surface area (Å²) < 4.78 is 0. The second kappa shape index (κ2) is 11.7. The van der Waals surface area contributed by atoms with Crippen molar-refractivity contribution in [2.75, 3.05) is 26.2 Å². The highest BCUT2D eigenvalue weighted by Gasteiger charge is 2.09. The molecule has 0 heterocycles. The number of carboxylic acid groups (broad SMARTS) is 1. The van der Waals surface area contributed by atoms with E-state index >= 15 is 0 Å². The van der Waals surface area contributed by atoms with Crippen LogP contribution in [-0.4, -0.2) is 67.2 Å². The molecule has 128 valence electrons. The van der Waals surface area contributed by atoms with Crippen molar-refractivity contribution in [2.45, 2.75) is 12.8 Å². The molecule has 0 atom stereocenters. The summed E-state index contributed by atoms with van der Waals surface area (Å²) in [6.07, 6.45) is 0.610. The Kier molecular flexibility index (Phi) is 10.1. The molecule has 0 aliphatic rings. The minimum absolute atomic E-state index is 0.0251. The van der Waals surface area contributed by atoms with Crippen LogP contribution < -0.4 is 21.3 Å². The molecule has 0 unspecified atom stereocenters. The molecule has 0 aromatic heterocycles. The molecular formula is C12H18N4O7. The van der Waals surface area contributed by atoms with E-state index < -0.39 is 49.2 Å². The first-order chi connectivity index (χ1) is 10.8. The molecule has 5 N–H and O–H groups in total. The average molecular weight is 330 g/mol. The highest BCUT2D eigenvalue weighted by Crippen LogP contribution is 1.83. The van der Waals surface area contributed by atoms with Crippen molar-refractivity contribution in [3.63, 3.8) is 0 Å². The fourth-order valence-electron chi connectivity index (χ4n) is 1.18. The fraction of sp³-hybridized carbons (Fsp3) is 0.500. The van der Waals surface area contributed by atoms with Gasteiger partial charge >= 0.3 is 5.97 Å². The Morgan fingerprint density at radius 1 is 0.696 bits per heavy atom. The molecule has 4 amide bonds. The maximum absolute atomic E-state index is 11.3. The Bertz CT molecular complexity index is 478. The number of hydrogen-bond acceptors (Lipinski definition) is 6. The Hall–Kier alpha value is -2.98. The van der Waals surface area contributed by atoms with Gasteiger partial charge in [0.05, 0.1) is 19.6 Å². The summed E-state index contributed by atoms with van der Waals surface area (Å²) in [5.41, 5.74) is 0. The Labute approximate surface area is 131 Å². The van der Waals surface area contributed by atoms with Gasteiger partial charge in [-0.25, -0.2) is 0 Å². The number of carbonyl (C=O) groups excluding carboxylic acids is 5. The highest BCUT2D eigenvalue weighted by molar-refractivity contribution is 5.90. The molecule has 23 heavy (non-hydrogen) atoms. The van der Waals surface area contributed by atoms with Gasteiger partial charge in [0.25, 0.3) is 0 Å². The number of hydrogen-bond donors (Lipinski definition) is 5. The van der Waals surface area contributed by atoms with Crippen LogP contribution in [-0.2, 0) is 28.8 Å². The summed E-state index contributed by atoms with van der Waals surface area (Å²) in [6.45, 7) is -1.74. The molecule has 0 radical (unpaired) electrons. The van der Waals surface area contributed by atoms with E-state index in [4.69, 9.17) is 5.11 Å². The van der Waals surface area contributed by atoms with Crippen molar-refractivity contribution in [1.29, 1.82) is 0 Å². The van der Waals surface area contributed by atoms with Gasteiger partial charge < -0.3 is 31.2 Å². The molecule has 0 saturated heterocycles. The molecule has 0 aromatic rings. The lowest BCUT2D eigenvalue weighted by atomic mass is 10.3. The quantitative estimate of drug-likeness (QED) is 0.245. The minimum Gasteiger partial charge on any atom is -0.480 e. The first-order valence-electron chi connectivity index (χ1n) is 6.57. The SMILES string of the molecule is O=CCCC(=O)NCC(=O)NCC(=O)NCC(=O)NCC(=O)O. The molecular weight excluding hydrogens is 312 g/mol. The van der Waals surface area contributed by atoms with Crippen LogP contribution in [0.15, 0.2) is 0 Å². The summed E-state index contributed by atoms with van der Waals surface area (Å²) in [7, 11) is 0. The van der Waals surface area contributed by atoms with E-state index in [9.17, 15) is 28.8 Å². The molecule has 0 rings (SSSR count). The van der Waals surface area contributed by atoms with E-state index in [2.05, 4.69) is 16.0 Å². The summed E-state index contributed by atoms with van der Waals surface area (Å²) >= 11 is 0. The smallest absolute Gasteiger partial charge is 0.322 e. The van der Waals surface area contributed by atoms with Crippen LogP contribution in [0.25, 0.3) is 0 Å². The van der Waals surface area contributed by atoms with Gasteiger partial charge in [-0.1, -0.05) is 0 Å². The van der Waals surface area contributed by atoms with Crippen LogP contribution in [0.1, 0.15) is 12.8 Å². The van der Waals surface area contributed by atoms with Gasteiger partial charge in [-0.05, 0) is 0 Å². The Balaban J connectivity index is 3.77. The van der Waals surface area contributed by atoms with Crippen molar-refractivity contribution in [3.8, 4) is 0 Å². The molecule has 0 aliphatic carbocycles. The summed E-state index contributed by atoms with van der Waals surface area (Å²) in [4.78, 5) is 65.1. The van der Waals surface area contributed by atoms with Crippen molar-refractivity contribution in [2.24, 2.45) is 0 Å². The third-order valence-electron chi connectivity index (χ3n) is 2.26. The van der Waals surface area contributed by atoms with Gasteiger partial charge in [0, 0.05) is 12.8 Å². The van der Waals surface area contributed by atoms with E-state index in [1.54, 1.807) is 0 Å². The molecule has 11 heteroatoms. The molecule has 0 aromatic carbocycles. The predicted octanol–water partition coefficient (Wildman–Crippen LogP) is -3.49. The summed E-state index contributed by atoms with van der Waals surface area (Å²) in [5, 5.41) is 17.0. The van der Waals surface area contributed by atoms with E-state index in [1.165, 1.54) is 0 Å². The number of rotatable bonds is 11. The van der Waals surface area contributed by atoms with E-state index in [1.807, 2.05) is 5.32 Å². The fourth-order valence-corrected chi connectivity index (χ4v) is 1.18. The predicted molar refractivity (Wildman–Crippen MR) is 75.0 cm³/mol. The lowest BCUT2D eigenvalue weighted by molar-refractivity contribution is -0.137. The third-order valence-corrected chi connectivity index (χ3v) is 2.26. The lowest BCUT2D eigenvalue weighted by Gasteiger charge is -2.07. The summed E-state index contributed by atoms with van der Waals surface area (Å²) in [6, 6.07) is 0. The number of carbonyl (C=O) groups is 6. The van der Waals surface area contributed by atoms with E-state index in [-0.39, 0.29) is 19.4 Å².